The predicted octanol–water partition coefficient (Wildman–Crippen LogP) is 2.04. The van der Waals surface area contributed by atoms with Crippen molar-refractivity contribution in [3.05, 3.63) is 23.8 Å². The Hall–Kier alpha value is -0.700. The number of hydrogen-bond acceptors (Lipinski definition) is 2. The molecule has 0 radical (unpaired) electrons. The molecule has 1 rings (SSSR count). The molecule has 0 unspecified atom stereocenters. The van der Waals surface area contributed by atoms with E-state index in [1.54, 1.807) is 6.08 Å². The summed E-state index contributed by atoms with van der Waals surface area (Å²) >= 11 is 4.12. The Balaban J connectivity index is 3.01. The van der Waals surface area contributed by atoms with E-state index < -0.39 is 0 Å². The van der Waals surface area contributed by atoms with Crippen LogP contribution in [0.25, 0.3) is 6.08 Å². The molecule has 0 atom stereocenters. The van der Waals surface area contributed by atoms with Crippen molar-refractivity contribution in [1.29, 1.82) is 0 Å². The number of aromatic amines is 1. The molecule has 0 aromatic carbocycles. The van der Waals surface area contributed by atoms with Crippen LogP contribution < -0.4 is 0 Å². The Morgan fingerprint density at radius 2 is 2.45 bits per heavy atom. The lowest BCUT2D eigenvalue weighted by Crippen LogP contribution is -1.82. The monoisotopic (exact) mass is 168 g/mol. The molecule has 0 spiro atoms. The van der Waals surface area contributed by atoms with Crippen molar-refractivity contribution in [2.75, 3.05) is 0 Å². The first kappa shape index (κ1) is 8.40. The molecule has 0 fully saturated rings. The molecule has 0 bridgehead atoms. The molecule has 3 heteroatoms. The first-order valence-corrected chi connectivity index (χ1v) is 4.26. The van der Waals surface area contributed by atoms with E-state index in [2.05, 4.69) is 36.1 Å². The molecule has 0 aliphatic rings. The van der Waals surface area contributed by atoms with Gasteiger partial charge in [0.05, 0.1) is 5.69 Å². The first-order valence-electron chi connectivity index (χ1n) is 3.62. The van der Waals surface area contributed by atoms with Crippen LogP contribution in [-0.2, 0) is 12.2 Å². The third-order valence-corrected chi connectivity index (χ3v) is 1.86. The molecule has 1 N–H and O–H groups in total. The van der Waals surface area contributed by atoms with E-state index in [9.17, 15) is 0 Å². The number of rotatable bonds is 3. The summed E-state index contributed by atoms with van der Waals surface area (Å²) in [6.45, 7) is 5.77. The lowest BCUT2D eigenvalue weighted by Gasteiger charge is -1.89. The van der Waals surface area contributed by atoms with E-state index in [0.717, 1.165) is 23.6 Å². The Bertz CT molecular complexity index is 253. The summed E-state index contributed by atoms with van der Waals surface area (Å²) in [7, 11) is 0. The fourth-order valence-corrected chi connectivity index (χ4v) is 1.14. The molecule has 0 saturated carbocycles. The molecule has 0 aliphatic heterocycles. The van der Waals surface area contributed by atoms with E-state index in [1.807, 2.05) is 0 Å². The maximum absolute atomic E-state index is 4.27. The third-order valence-electron chi connectivity index (χ3n) is 1.56. The second kappa shape index (κ2) is 3.62. The van der Waals surface area contributed by atoms with Crippen LogP contribution in [0.5, 0.6) is 0 Å². The van der Waals surface area contributed by atoms with Crippen molar-refractivity contribution in [3.63, 3.8) is 0 Å². The zero-order valence-corrected chi connectivity index (χ0v) is 7.49. The highest BCUT2D eigenvalue weighted by Gasteiger charge is 2.02. The van der Waals surface area contributed by atoms with E-state index in [4.69, 9.17) is 0 Å². The molecular formula is C8H12N2S. The molecular weight excluding hydrogens is 156 g/mol. The van der Waals surface area contributed by atoms with Gasteiger partial charge in [-0.05, 0) is 12.5 Å². The second-order valence-electron chi connectivity index (χ2n) is 2.26. The Kier molecular flexibility index (Phi) is 2.76. The smallest absolute Gasteiger partial charge is 0.116 e. The molecule has 1 aromatic rings. The standard InChI is InChI=1S/C8H12N2S/c1-3-6-7(4-2)10-8(5-11)9-6/h3,11H,1,4-5H2,2H3,(H,9,10). The predicted molar refractivity (Wildman–Crippen MR) is 50.7 cm³/mol. The van der Waals surface area contributed by atoms with Gasteiger partial charge in [0.25, 0.3) is 0 Å². The highest BCUT2D eigenvalue weighted by atomic mass is 32.1. The van der Waals surface area contributed by atoms with Crippen molar-refractivity contribution in [2.24, 2.45) is 0 Å². The summed E-state index contributed by atoms with van der Waals surface area (Å²) in [4.78, 5) is 7.44. The Morgan fingerprint density at radius 3 is 2.82 bits per heavy atom. The van der Waals surface area contributed by atoms with Gasteiger partial charge in [0.1, 0.15) is 5.82 Å². The van der Waals surface area contributed by atoms with Crippen LogP contribution in [-0.4, -0.2) is 9.97 Å². The van der Waals surface area contributed by atoms with Crippen LogP contribution in [0.2, 0.25) is 0 Å². The highest BCUT2D eigenvalue weighted by molar-refractivity contribution is 7.79. The molecule has 60 valence electrons. The van der Waals surface area contributed by atoms with Gasteiger partial charge in [-0.2, -0.15) is 12.6 Å². The zero-order chi connectivity index (χ0) is 8.27. The van der Waals surface area contributed by atoms with Gasteiger partial charge in [-0.15, -0.1) is 0 Å². The van der Waals surface area contributed by atoms with Crippen LogP contribution in [0.1, 0.15) is 24.1 Å². The van der Waals surface area contributed by atoms with Gasteiger partial charge in [-0.3, -0.25) is 0 Å². The molecule has 11 heavy (non-hydrogen) atoms. The van der Waals surface area contributed by atoms with Crippen LogP contribution in [0.4, 0.5) is 0 Å². The zero-order valence-electron chi connectivity index (χ0n) is 6.59. The van der Waals surface area contributed by atoms with Crippen LogP contribution in [0.15, 0.2) is 6.58 Å². The number of aromatic nitrogens is 2. The van der Waals surface area contributed by atoms with E-state index in [0.29, 0.717) is 5.75 Å². The maximum Gasteiger partial charge on any atom is 0.116 e. The number of nitrogens with one attached hydrogen (secondary N) is 1. The van der Waals surface area contributed by atoms with Gasteiger partial charge >= 0.3 is 0 Å². The summed E-state index contributed by atoms with van der Waals surface area (Å²) in [6, 6.07) is 0. The highest BCUT2D eigenvalue weighted by Crippen LogP contribution is 2.09. The molecule has 1 aromatic heterocycles. The number of H-pyrrole nitrogens is 1. The van der Waals surface area contributed by atoms with Crippen molar-refractivity contribution in [1.82, 2.24) is 9.97 Å². The maximum atomic E-state index is 4.27. The number of hydrogen-bond donors (Lipinski definition) is 2. The van der Waals surface area contributed by atoms with E-state index >= 15 is 0 Å². The number of imidazole rings is 1. The number of thiol groups is 1. The topological polar surface area (TPSA) is 28.7 Å². The molecule has 0 aliphatic carbocycles. The fraction of sp³-hybridized carbons (Fsp3) is 0.375. The van der Waals surface area contributed by atoms with E-state index in [-0.39, 0.29) is 0 Å². The van der Waals surface area contributed by atoms with Crippen LogP contribution >= 0.6 is 12.6 Å². The minimum absolute atomic E-state index is 0.654. The van der Waals surface area contributed by atoms with Gasteiger partial charge in [-0.1, -0.05) is 13.5 Å². The Morgan fingerprint density at radius 1 is 1.73 bits per heavy atom. The summed E-state index contributed by atoms with van der Waals surface area (Å²) in [5, 5.41) is 0. The number of aryl methyl sites for hydroxylation is 1. The van der Waals surface area contributed by atoms with Gasteiger partial charge < -0.3 is 4.98 Å². The SMILES string of the molecule is C=Cc1nc(CS)[nH]c1CC. The average Bonchev–Trinajstić information content (AvgIpc) is 2.46. The normalized spacial score (nSPS) is 10.0. The lowest BCUT2D eigenvalue weighted by molar-refractivity contribution is 1.03. The molecule has 1 heterocycles. The largest absolute Gasteiger partial charge is 0.345 e. The minimum Gasteiger partial charge on any atom is -0.345 e. The Labute approximate surface area is 72.2 Å². The first-order chi connectivity index (χ1) is 5.31. The summed E-state index contributed by atoms with van der Waals surface area (Å²) < 4.78 is 0. The quantitative estimate of drug-likeness (QED) is 0.664. The lowest BCUT2D eigenvalue weighted by atomic mass is 10.3. The third kappa shape index (κ3) is 1.66. The van der Waals surface area contributed by atoms with Crippen LogP contribution in [0, 0.1) is 0 Å². The molecule has 0 amide bonds. The summed E-state index contributed by atoms with van der Waals surface area (Å²) in [6.07, 6.45) is 2.73. The van der Waals surface area contributed by atoms with Crippen molar-refractivity contribution in [2.45, 2.75) is 19.1 Å². The van der Waals surface area contributed by atoms with Gasteiger partial charge in [0.15, 0.2) is 0 Å². The van der Waals surface area contributed by atoms with Gasteiger partial charge in [-0.25, -0.2) is 4.98 Å². The molecule has 0 saturated heterocycles. The van der Waals surface area contributed by atoms with Gasteiger partial charge in [0, 0.05) is 11.4 Å². The van der Waals surface area contributed by atoms with Crippen molar-refractivity contribution >= 4 is 18.7 Å². The number of nitrogens with zero attached hydrogens (tertiary/aromatic N) is 1. The fourth-order valence-electron chi connectivity index (χ4n) is 0.992. The van der Waals surface area contributed by atoms with Gasteiger partial charge in [0.2, 0.25) is 0 Å². The average molecular weight is 168 g/mol. The van der Waals surface area contributed by atoms with Crippen LogP contribution in [0.3, 0.4) is 0 Å². The minimum atomic E-state index is 0.654. The summed E-state index contributed by atoms with van der Waals surface area (Å²) in [5.41, 5.74) is 2.10. The molecule has 2 nitrogen and oxygen atoms in total. The van der Waals surface area contributed by atoms with E-state index in [1.165, 1.54) is 0 Å². The second-order valence-corrected chi connectivity index (χ2v) is 2.58. The summed E-state index contributed by atoms with van der Waals surface area (Å²) in [5.74, 6) is 1.57. The van der Waals surface area contributed by atoms with Crippen molar-refractivity contribution < 1.29 is 0 Å². The van der Waals surface area contributed by atoms with Crippen molar-refractivity contribution in [3.8, 4) is 0 Å².